The quantitative estimate of drug-likeness (QED) is 0.735. The summed E-state index contributed by atoms with van der Waals surface area (Å²) < 4.78 is 2.14. The van der Waals surface area contributed by atoms with Crippen LogP contribution in [0.15, 0.2) is 30.9 Å². The van der Waals surface area contributed by atoms with E-state index in [1.807, 2.05) is 11.0 Å². The number of likely N-dealkylation sites (tertiary alicyclic amines) is 1. The molecule has 128 valence electrons. The molecule has 3 rings (SSSR count). The highest BCUT2D eigenvalue weighted by Crippen LogP contribution is 2.30. The molecule has 1 aromatic heterocycles. The number of amides is 1. The number of benzene rings is 1. The predicted octanol–water partition coefficient (Wildman–Crippen LogP) is 4.89. The van der Waals surface area contributed by atoms with Gasteiger partial charge in [0.15, 0.2) is 0 Å². The number of aryl methyl sites for hydroxylation is 1. The maximum Gasteiger partial charge on any atom is 0.270 e. The summed E-state index contributed by atoms with van der Waals surface area (Å²) in [5.41, 5.74) is 4.40. The zero-order valence-corrected chi connectivity index (χ0v) is 15.1. The first kappa shape index (κ1) is 16.8. The fourth-order valence-electron chi connectivity index (χ4n) is 3.74. The maximum atomic E-state index is 13.2. The van der Waals surface area contributed by atoms with E-state index >= 15 is 0 Å². The number of carbonyl (C=O) groups excluding carboxylic acids is 1. The van der Waals surface area contributed by atoms with E-state index in [0.29, 0.717) is 12.5 Å². The van der Waals surface area contributed by atoms with Crippen LogP contribution in [-0.2, 0) is 6.54 Å². The van der Waals surface area contributed by atoms with Crippen LogP contribution >= 0.6 is 0 Å². The fourth-order valence-corrected chi connectivity index (χ4v) is 3.74. The van der Waals surface area contributed by atoms with Crippen LogP contribution in [0.2, 0.25) is 0 Å². The van der Waals surface area contributed by atoms with Gasteiger partial charge >= 0.3 is 0 Å². The van der Waals surface area contributed by atoms with E-state index in [9.17, 15) is 4.79 Å². The Kier molecular flexibility index (Phi) is 4.79. The molecule has 1 aliphatic rings. The molecule has 0 N–H and O–H groups in total. The van der Waals surface area contributed by atoms with Gasteiger partial charge in [0, 0.05) is 30.5 Å². The number of fused-ring (bicyclic) bond motifs is 1. The SMILES string of the molecule is C=CCn1c(C(=O)N2CCCCC2)c(C)c2cc(C(C)C)ccc21. The summed E-state index contributed by atoms with van der Waals surface area (Å²) in [6.45, 7) is 12.8. The van der Waals surface area contributed by atoms with Crippen LogP contribution in [0.3, 0.4) is 0 Å². The zero-order valence-electron chi connectivity index (χ0n) is 15.1. The number of hydrogen-bond donors (Lipinski definition) is 0. The highest BCUT2D eigenvalue weighted by molar-refractivity contribution is 6.02. The van der Waals surface area contributed by atoms with E-state index < -0.39 is 0 Å². The minimum absolute atomic E-state index is 0.177. The molecule has 0 saturated carbocycles. The van der Waals surface area contributed by atoms with E-state index in [1.54, 1.807) is 0 Å². The van der Waals surface area contributed by atoms with Crippen molar-refractivity contribution in [3.05, 3.63) is 47.7 Å². The Hall–Kier alpha value is -2.03. The van der Waals surface area contributed by atoms with Crippen LogP contribution in [0.5, 0.6) is 0 Å². The van der Waals surface area contributed by atoms with Crippen molar-refractivity contribution in [1.29, 1.82) is 0 Å². The van der Waals surface area contributed by atoms with Crippen molar-refractivity contribution < 1.29 is 4.79 Å². The lowest BCUT2D eigenvalue weighted by atomic mass is 10.0. The van der Waals surface area contributed by atoms with Crippen LogP contribution < -0.4 is 0 Å². The summed E-state index contributed by atoms with van der Waals surface area (Å²) in [7, 11) is 0. The second kappa shape index (κ2) is 6.84. The highest BCUT2D eigenvalue weighted by Gasteiger charge is 2.25. The highest BCUT2D eigenvalue weighted by atomic mass is 16.2. The van der Waals surface area contributed by atoms with Crippen molar-refractivity contribution in [3.63, 3.8) is 0 Å². The lowest BCUT2D eigenvalue weighted by molar-refractivity contribution is 0.0713. The molecule has 1 aromatic carbocycles. The Morgan fingerprint density at radius 2 is 1.96 bits per heavy atom. The second-order valence-electron chi connectivity index (χ2n) is 7.16. The van der Waals surface area contributed by atoms with E-state index in [-0.39, 0.29) is 5.91 Å². The first-order valence-corrected chi connectivity index (χ1v) is 9.07. The third-order valence-corrected chi connectivity index (χ3v) is 5.16. The maximum absolute atomic E-state index is 13.2. The molecule has 24 heavy (non-hydrogen) atoms. The summed E-state index contributed by atoms with van der Waals surface area (Å²) in [6, 6.07) is 6.59. The summed E-state index contributed by atoms with van der Waals surface area (Å²) in [4.78, 5) is 15.2. The van der Waals surface area contributed by atoms with Crippen molar-refractivity contribution in [2.45, 2.75) is 52.5 Å². The Bertz CT molecular complexity index is 764. The summed E-state index contributed by atoms with van der Waals surface area (Å²) in [5, 5.41) is 1.20. The lowest BCUT2D eigenvalue weighted by Crippen LogP contribution is -2.37. The molecule has 3 nitrogen and oxygen atoms in total. The number of rotatable bonds is 4. The molecule has 1 fully saturated rings. The second-order valence-corrected chi connectivity index (χ2v) is 7.16. The Labute approximate surface area is 145 Å². The molecule has 0 radical (unpaired) electrons. The standard InChI is InChI=1S/C21H28N2O/c1-5-11-23-19-10-9-17(15(2)3)14-18(19)16(4)20(23)21(24)22-12-7-6-8-13-22/h5,9-10,14-15H,1,6-8,11-13H2,2-4H3. The third-order valence-electron chi connectivity index (χ3n) is 5.16. The normalized spacial score (nSPS) is 15.2. The molecular weight excluding hydrogens is 296 g/mol. The van der Waals surface area contributed by atoms with Gasteiger partial charge in [-0.3, -0.25) is 4.79 Å². The van der Waals surface area contributed by atoms with Gasteiger partial charge < -0.3 is 9.47 Å². The average Bonchev–Trinajstić information content (AvgIpc) is 2.87. The van der Waals surface area contributed by atoms with Crippen LogP contribution in [0, 0.1) is 6.92 Å². The van der Waals surface area contributed by atoms with Crippen LogP contribution in [-0.4, -0.2) is 28.5 Å². The first-order valence-electron chi connectivity index (χ1n) is 9.07. The van der Waals surface area contributed by atoms with Crippen LogP contribution in [0.25, 0.3) is 10.9 Å². The van der Waals surface area contributed by atoms with Crippen molar-refractivity contribution in [3.8, 4) is 0 Å². The Morgan fingerprint density at radius 3 is 2.58 bits per heavy atom. The molecule has 0 aliphatic carbocycles. The predicted molar refractivity (Wildman–Crippen MR) is 101 cm³/mol. The molecular formula is C21H28N2O. The Balaban J connectivity index is 2.14. The van der Waals surface area contributed by atoms with Crippen molar-refractivity contribution in [1.82, 2.24) is 9.47 Å². The van der Waals surface area contributed by atoms with Crippen molar-refractivity contribution in [2.75, 3.05) is 13.1 Å². The number of piperidine rings is 1. The van der Waals surface area contributed by atoms with Gasteiger partial charge in [0.1, 0.15) is 5.69 Å². The van der Waals surface area contributed by atoms with Gasteiger partial charge in [-0.2, -0.15) is 0 Å². The smallest absolute Gasteiger partial charge is 0.270 e. The lowest BCUT2D eigenvalue weighted by Gasteiger charge is -2.27. The fraction of sp³-hybridized carbons (Fsp3) is 0.476. The minimum atomic E-state index is 0.177. The summed E-state index contributed by atoms with van der Waals surface area (Å²) in [5.74, 6) is 0.661. The molecule has 0 unspecified atom stereocenters. The molecule has 3 heteroatoms. The largest absolute Gasteiger partial charge is 0.337 e. The van der Waals surface area contributed by atoms with Gasteiger partial charge in [-0.25, -0.2) is 0 Å². The van der Waals surface area contributed by atoms with E-state index in [2.05, 4.69) is 50.1 Å². The topological polar surface area (TPSA) is 25.2 Å². The van der Waals surface area contributed by atoms with Gasteiger partial charge in [-0.1, -0.05) is 26.0 Å². The zero-order chi connectivity index (χ0) is 17.3. The first-order chi connectivity index (χ1) is 11.5. The molecule has 2 heterocycles. The number of aromatic nitrogens is 1. The van der Waals surface area contributed by atoms with Crippen molar-refractivity contribution in [2.24, 2.45) is 0 Å². The molecule has 2 aromatic rings. The molecule has 0 atom stereocenters. The van der Waals surface area contributed by atoms with Crippen LogP contribution in [0.1, 0.15) is 60.6 Å². The van der Waals surface area contributed by atoms with E-state index in [4.69, 9.17) is 0 Å². The monoisotopic (exact) mass is 324 g/mol. The van der Waals surface area contributed by atoms with E-state index in [0.717, 1.165) is 42.7 Å². The van der Waals surface area contributed by atoms with Gasteiger partial charge in [-0.05, 0) is 55.4 Å². The van der Waals surface area contributed by atoms with Crippen molar-refractivity contribution >= 4 is 16.8 Å². The third kappa shape index (κ3) is 2.88. The average molecular weight is 324 g/mol. The summed E-state index contributed by atoms with van der Waals surface area (Å²) >= 11 is 0. The molecule has 1 aliphatic heterocycles. The van der Waals surface area contributed by atoms with E-state index in [1.165, 1.54) is 17.4 Å². The number of hydrogen-bond acceptors (Lipinski definition) is 1. The molecule has 0 spiro atoms. The van der Waals surface area contributed by atoms with Crippen LogP contribution in [0.4, 0.5) is 0 Å². The van der Waals surface area contributed by atoms with Gasteiger partial charge in [0.05, 0.1) is 0 Å². The summed E-state index contributed by atoms with van der Waals surface area (Å²) in [6.07, 6.45) is 5.34. The molecule has 0 bridgehead atoms. The molecule has 1 amide bonds. The minimum Gasteiger partial charge on any atom is -0.337 e. The number of carbonyl (C=O) groups is 1. The van der Waals surface area contributed by atoms with Gasteiger partial charge in [-0.15, -0.1) is 6.58 Å². The van der Waals surface area contributed by atoms with Gasteiger partial charge in [0.2, 0.25) is 0 Å². The Morgan fingerprint density at radius 1 is 1.25 bits per heavy atom. The number of allylic oxidation sites excluding steroid dienone is 1. The van der Waals surface area contributed by atoms with Gasteiger partial charge in [0.25, 0.3) is 5.91 Å². The number of nitrogens with zero attached hydrogens (tertiary/aromatic N) is 2. The molecule has 1 saturated heterocycles.